The molecule has 0 atom stereocenters. The van der Waals surface area contributed by atoms with Gasteiger partial charge in [0.05, 0.1) is 10.2 Å². The Balaban J connectivity index is 1.46. The van der Waals surface area contributed by atoms with Crippen LogP contribution in [0.3, 0.4) is 0 Å². The first kappa shape index (κ1) is 19.6. The number of amides is 3. The molecular weight excluding hydrogens is 396 g/mol. The predicted molar refractivity (Wildman–Crippen MR) is 122 cm³/mol. The number of hydrogen-bond donors (Lipinski definition) is 3. The second-order valence-electron chi connectivity index (χ2n) is 6.61. The monoisotopic (exact) mass is 416 g/mol. The molecule has 0 radical (unpaired) electrons. The SMILES string of the molecule is CCc1ccccc1NC(=O)Nc1ccc2sc(NC(=O)c3ccccc3)nc2c1. The fourth-order valence-electron chi connectivity index (χ4n) is 3.05. The molecule has 0 aliphatic carbocycles. The van der Waals surface area contributed by atoms with Crippen molar-refractivity contribution in [3.05, 3.63) is 83.9 Å². The summed E-state index contributed by atoms with van der Waals surface area (Å²) < 4.78 is 0.917. The Morgan fingerprint density at radius 1 is 0.900 bits per heavy atom. The Bertz CT molecular complexity index is 1200. The molecular formula is C23H20N4O2S. The molecule has 4 aromatic rings. The molecule has 1 aromatic heterocycles. The average Bonchev–Trinajstić information content (AvgIpc) is 3.16. The number of nitrogens with zero attached hydrogens (tertiary/aromatic N) is 1. The van der Waals surface area contributed by atoms with Crippen LogP contribution in [0.25, 0.3) is 10.2 Å². The van der Waals surface area contributed by atoms with Gasteiger partial charge in [-0.05, 0) is 48.4 Å². The lowest BCUT2D eigenvalue weighted by molar-refractivity contribution is 0.102. The fourth-order valence-corrected chi connectivity index (χ4v) is 3.89. The van der Waals surface area contributed by atoms with Crippen LogP contribution in [0.15, 0.2) is 72.8 Å². The summed E-state index contributed by atoms with van der Waals surface area (Å²) in [5.41, 5.74) is 3.76. The van der Waals surface area contributed by atoms with Gasteiger partial charge in [0.15, 0.2) is 5.13 Å². The van der Waals surface area contributed by atoms with Gasteiger partial charge in [0, 0.05) is 16.9 Å². The third-order valence-electron chi connectivity index (χ3n) is 4.55. The van der Waals surface area contributed by atoms with Gasteiger partial charge in [-0.2, -0.15) is 0 Å². The summed E-state index contributed by atoms with van der Waals surface area (Å²) in [7, 11) is 0. The van der Waals surface area contributed by atoms with Crippen LogP contribution in [-0.2, 0) is 6.42 Å². The summed E-state index contributed by atoms with van der Waals surface area (Å²) >= 11 is 1.38. The van der Waals surface area contributed by atoms with E-state index in [1.54, 1.807) is 18.2 Å². The molecule has 0 fully saturated rings. The molecule has 7 heteroatoms. The normalized spacial score (nSPS) is 10.6. The molecule has 3 aromatic carbocycles. The van der Waals surface area contributed by atoms with Gasteiger partial charge >= 0.3 is 6.03 Å². The number of thiazole rings is 1. The quantitative estimate of drug-likeness (QED) is 0.387. The van der Waals surface area contributed by atoms with Crippen LogP contribution in [0, 0.1) is 0 Å². The van der Waals surface area contributed by atoms with Gasteiger partial charge in [-0.3, -0.25) is 10.1 Å². The Kier molecular flexibility index (Phi) is 5.72. The highest BCUT2D eigenvalue weighted by Gasteiger charge is 2.11. The molecule has 30 heavy (non-hydrogen) atoms. The number of rotatable bonds is 5. The number of para-hydroxylation sites is 1. The number of carbonyl (C=O) groups excluding carboxylic acids is 2. The standard InChI is InChI=1S/C23H20N4O2S/c1-2-15-8-6-7-11-18(15)25-22(29)24-17-12-13-20-19(14-17)26-23(30-20)27-21(28)16-9-4-3-5-10-16/h3-14H,2H2,1H3,(H2,24,25,29)(H,26,27,28). The van der Waals surface area contributed by atoms with Gasteiger partial charge in [-0.1, -0.05) is 54.7 Å². The number of benzene rings is 3. The smallest absolute Gasteiger partial charge is 0.308 e. The molecule has 0 saturated heterocycles. The van der Waals surface area contributed by atoms with Crippen LogP contribution in [0.5, 0.6) is 0 Å². The van der Waals surface area contributed by atoms with Gasteiger partial charge in [-0.15, -0.1) is 0 Å². The summed E-state index contributed by atoms with van der Waals surface area (Å²) in [5.74, 6) is -0.207. The Morgan fingerprint density at radius 3 is 2.47 bits per heavy atom. The zero-order chi connectivity index (χ0) is 20.9. The van der Waals surface area contributed by atoms with Crippen molar-refractivity contribution in [2.45, 2.75) is 13.3 Å². The van der Waals surface area contributed by atoms with E-state index in [1.165, 1.54) is 11.3 Å². The lowest BCUT2D eigenvalue weighted by Gasteiger charge is -2.10. The molecule has 0 aliphatic heterocycles. The van der Waals surface area contributed by atoms with E-state index in [-0.39, 0.29) is 11.9 Å². The highest BCUT2D eigenvalue weighted by atomic mass is 32.1. The fraction of sp³-hybridized carbons (Fsp3) is 0.0870. The van der Waals surface area contributed by atoms with Crippen molar-refractivity contribution in [2.24, 2.45) is 0 Å². The molecule has 0 saturated carbocycles. The largest absolute Gasteiger partial charge is 0.323 e. The van der Waals surface area contributed by atoms with Gasteiger partial charge < -0.3 is 10.6 Å². The highest BCUT2D eigenvalue weighted by Crippen LogP contribution is 2.28. The second-order valence-corrected chi connectivity index (χ2v) is 7.64. The van der Waals surface area contributed by atoms with Crippen LogP contribution in [0.2, 0.25) is 0 Å². The minimum Gasteiger partial charge on any atom is -0.308 e. The number of fused-ring (bicyclic) bond motifs is 1. The zero-order valence-corrected chi connectivity index (χ0v) is 17.1. The molecule has 0 spiro atoms. The molecule has 6 nitrogen and oxygen atoms in total. The third kappa shape index (κ3) is 4.47. The number of aryl methyl sites for hydroxylation is 1. The van der Waals surface area contributed by atoms with Crippen molar-refractivity contribution in [3.63, 3.8) is 0 Å². The molecule has 1 heterocycles. The van der Waals surface area contributed by atoms with Crippen LogP contribution < -0.4 is 16.0 Å². The summed E-state index contributed by atoms with van der Waals surface area (Å²) in [6, 6.07) is 21.9. The van der Waals surface area contributed by atoms with E-state index >= 15 is 0 Å². The topological polar surface area (TPSA) is 83.1 Å². The van der Waals surface area contributed by atoms with Gasteiger partial charge in [-0.25, -0.2) is 9.78 Å². The van der Waals surface area contributed by atoms with Crippen molar-refractivity contribution in [3.8, 4) is 0 Å². The van der Waals surface area contributed by atoms with E-state index in [9.17, 15) is 9.59 Å². The van der Waals surface area contributed by atoms with E-state index in [1.807, 2.05) is 61.5 Å². The Hall–Kier alpha value is -3.71. The first-order chi connectivity index (χ1) is 14.6. The highest BCUT2D eigenvalue weighted by molar-refractivity contribution is 7.22. The van der Waals surface area contributed by atoms with E-state index in [4.69, 9.17) is 0 Å². The molecule has 3 amide bonds. The molecule has 4 rings (SSSR count). The zero-order valence-electron chi connectivity index (χ0n) is 16.3. The number of aromatic nitrogens is 1. The van der Waals surface area contributed by atoms with Gasteiger partial charge in [0.1, 0.15) is 0 Å². The maximum Gasteiger partial charge on any atom is 0.323 e. The first-order valence-electron chi connectivity index (χ1n) is 9.55. The number of anilines is 3. The molecule has 0 unspecified atom stereocenters. The van der Waals surface area contributed by atoms with Gasteiger partial charge in [0.25, 0.3) is 5.91 Å². The molecule has 0 bridgehead atoms. The van der Waals surface area contributed by atoms with Crippen LogP contribution in [0.1, 0.15) is 22.8 Å². The van der Waals surface area contributed by atoms with E-state index in [0.29, 0.717) is 21.9 Å². The minimum absolute atomic E-state index is 0.207. The number of urea groups is 1. The number of carbonyl (C=O) groups is 2. The molecule has 3 N–H and O–H groups in total. The van der Waals surface area contributed by atoms with Crippen LogP contribution >= 0.6 is 11.3 Å². The minimum atomic E-state index is -0.317. The summed E-state index contributed by atoms with van der Waals surface area (Å²) in [6.45, 7) is 2.04. The lowest BCUT2D eigenvalue weighted by Crippen LogP contribution is -2.20. The van der Waals surface area contributed by atoms with Crippen molar-refractivity contribution in [1.82, 2.24) is 4.98 Å². The van der Waals surface area contributed by atoms with Crippen LogP contribution in [-0.4, -0.2) is 16.9 Å². The van der Waals surface area contributed by atoms with E-state index in [2.05, 4.69) is 20.9 Å². The maximum absolute atomic E-state index is 12.4. The molecule has 150 valence electrons. The van der Waals surface area contributed by atoms with Gasteiger partial charge in [0.2, 0.25) is 0 Å². The number of hydrogen-bond acceptors (Lipinski definition) is 4. The Labute approximate surface area is 178 Å². The predicted octanol–water partition coefficient (Wildman–Crippen LogP) is 5.76. The summed E-state index contributed by atoms with van der Waals surface area (Å²) in [5, 5.41) is 9.05. The van der Waals surface area contributed by atoms with E-state index in [0.717, 1.165) is 22.4 Å². The van der Waals surface area contributed by atoms with E-state index < -0.39 is 0 Å². The summed E-state index contributed by atoms with van der Waals surface area (Å²) in [4.78, 5) is 29.2. The van der Waals surface area contributed by atoms with Crippen molar-refractivity contribution < 1.29 is 9.59 Å². The number of nitrogens with one attached hydrogen (secondary N) is 3. The maximum atomic E-state index is 12.4. The van der Waals surface area contributed by atoms with Crippen LogP contribution in [0.4, 0.5) is 21.3 Å². The Morgan fingerprint density at radius 2 is 1.67 bits per heavy atom. The second kappa shape index (κ2) is 8.75. The van der Waals surface area contributed by atoms with Crippen molar-refractivity contribution in [2.75, 3.05) is 16.0 Å². The summed E-state index contributed by atoms with van der Waals surface area (Å²) in [6.07, 6.45) is 0.832. The molecule has 0 aliphatic rings. The lowest BCUT2D eigenvalue weighted by atomic mass is 10.1. The van der Waals surface area contributed by atoms with Crippen molar-refractivity contribution in [1.29, 1.82) is 0 Å². The average molecular weight is 417 g/mol. The van der Waals surface area contributed by atoms with Crippen molar-refractivity contribution >= 4 is 50.0 Å². The first-order valence-corrected chi connectivity index (χ1v) is 10.4. The third-order valence-corrected chi connectivity index (χ3v) is 5.50.